The van der Waals surface area contributed by atoms with Gasteiger partial charge in [-0.2, -0.15) is 0 Å². The average molecular weight is 277 g/mol. The van der Waals surface area contributed by atoms with Crippen LogP contribution < -0.4 is 11.1 Å². The molecule has 4 N–H and O–H groups in total. The maximum atomic E-state index is 12.2. The van der Waals surface area contributed by atoms with Gasteiger partial charge in [-0.05, 0) is 31.4 Å². The second-order valence-electron chi connectivity index (χ2n) is 4.95. The Morgan fingerprint density at radius 3 is 2.65 bits per heavy atom. The number of carbonyl (C=O) groups excluding carboxylic acids is 1. The van der Waals surface area contributed by atoms with Crippen LogP contribution in [0.5, 0.6) is 0 Å². The lowest BCUT2D eigenvalue weighted by Gasteiger charge is -2.20. The fraction of sp³-hybridized carbons (Fsp3) is 0.467. The van der Waals surface area contributed by atoms with Crippen LogP contribution in [0.1, 0.15) is 43.9 Å². The van der Waals surface area contributed by atoms with E-state index in [4.69, 9.17) is 10.9 Å². The molecule has 0 bridgehead atoms. The molecule has 0 saturated carbocycles. The molecule has 0 aliphatic heterocycles. The molecule has 2 unspecified atom stereocenters. The van der Waals surface area contributed by atoms with Gasteiger partial charge in [0.1, 0.15) is 0 Å². The second kappa shape index (κ2) is 7.53. The third kappa shape index (κ3) is 3.98. The van der Waals surface area contributed by atoms with Gasteiger partial charge in [-0.15, -0.1) is 0 Å². The molecule has 5 nitrogen and oxygen atoms in total. The van der Waals surface area contributed by atoms with Gasteiger partial charge in [-0.3, -0.25) is 4.79 Å². The number of benzene rings is 1. The molecule has 2 atom stereocenters. The number of rotatable bonds is 6. The van der Waals surface area contributed by atoms with Gasteiger partial charge in [0.25, 0.3) is 0 Å². The van der Waals surface area contributed by atoms with E-state index in [9.17, 15) is 4.79 Å². The first-order valence-electron chi connectivity index (χ1n) is 6.84. The Kier molecular flexibility index (Phi) is 6.03. The lowest BCUT2D eigenvalue weighted by atomic mass is 9.99. The van der Waals surface area contributed by atoms with Gasteiger partial charge in [0.05, 0.1) is 12.0 Å². The van der Waals surface area contributed by atoms with E-state index in [0.717, 1.165) is 17.5 Å². The van der Waals surface area contributed by atoms with Crippen molar-refractivity contribution in [2.45, 2.75) is 39.7 Å². The van der Waals surface area contributed by atoms with E-state index >= 15 is 0 Å². The molecule has 20 heavy (non-hydrogen) atoms. The standard InChI is InChI=1S/C15H23N3O2/c1-4-7-13(14(16)18-20)15(19)17-11(3)12-9-6-5-8-10(12)2/h5-6,8-9,11,13,20H,4,7H2,1-3H3,(H2,16,18)(H,17,19). The molecule has 5 heteroatoms. The summed E-state index contributed by atoms with van der Waals surface area (Å²) in [6.45, 7) is 5.89. The van der Waals surface area contributed by atoms with Crippen molar-refractivity contribution < 1.29 is 10.0 Å². The molecular weight excluding hydrogens is 254 g/mol. The summed E-state index contributed by atoms with van der Waals surface area (Å²) >= 11 is 0. The van der Waals surface area contributed by atoms with Gasteiger partial charge < -0.3 is 16.3 Å². The van der Waals surface area contributed by atoms with Crippen LogP contribution in [0.3, 0.4) is 0 Å². The SMILES string of the molecule is CCCC(C(=O)NC(C)c1ccccc1C)C(N)=NO. The molecule has 0 spiro atoms. The normalized spacial score (nSPS) is 14.7. The van der Waals surface area contributed by atoms with E-state index < -0.39 is 5.92 Å². The fourth-order valence-corrected chi connectivity index (χ4v) is 2.24. The van der Waals surface area contributed by atoms with Crippen molar-refractivity contribution in [1.29, 1.82) is 0 Å². The zero-order valence-electron chi connectivity index (χ0n) is 12.3. The van der Waals surface area contributed by atoms with Crippen molar-refractivity contribution >= 4 is 11.7 Å². The Labute approximate surface area is 119 Å². The number of nitrogens with zero attached hydrogens (tertiary/aromatic N) is 1. The highest BCUT2D eigenvalue weighted by Crippen LogP contribution is 2.18. The highest BCUT2D eigenvalue weighted by atomic mass is 16.4. The molecule has 1 aromatic rings. The monoisotopic (exact) mass is 277 g/mol. The minimum absolute atomic E-state index is 0.0404. The Hall–Kier alpha value is -2.04. The molecule has 0 heterocycles. The number of hydrogen-bond donors (Lipinski definition) is 3. The number of amidine groups is 1. The molecule has 0 fully saturated rings. The topological polar surface area (TPSA) is 87.7 Å². The van der Waals surface area contributed by atoms with Crippen LogP contribution in [0, 0.1) is 12.8 Å². The lowest BCUT2D eigenvalue weighted by molar-refractivity contribution is -0.123. The summed E-state index contributed by atoms with van der Waals surface area (Å²) in [6, 6.07) is 7.78. The summed E-state index contributed by atoms with van der Waals surface area (Å²) < 4.78 is 0. The highest BCUT2D eigenvalue weighted by molar-refractivity contribution is 6.02. The molecule has 110 valence electrons. The number of aryl methyl sites for hydroxylation is 1. The van der Waals surface area contributed by atoms with Crippen LogP contribution in [0.15, 0.2) is 29.4 Å². The number of hydrogen-bond acceptors (Lipinski definition) is 3. The van der Waals surface area contributed by atoms with Crippen molar-refractivity contribution in [3.63, 3.8) is 0 Å². The summed E-state index contributed by atoms with van der Waals surface area (Å²) in [5.41, 5.74) is 7.77. The third-order valence-electron chi connectivity index (χ3n) is 3.38. The number of oxime groups is 1. The quantitative estimate of drug-likeness (QED) is 0.323. The first kappa shape index (κ1) is 16.0. The largest absolute Gasteiger partial charge is 0.409 e. The van der Waals surface area contributed by atoms with E-state index in [1.165, 1.54) is 0 Å². The first-order valence-corrected chi connectivity index (χ1v) is 6.84. The molecule has 1 rings (SSSR count). The molecule has 0 aliphatic rings. The van der Waals surface area contributed by atoms with Crippen LogP contribution in [0.25, 0.3) is 0 Å². The Balaban J connectivity index is 2.80. The molecule has 0 radical (unpaired) electrons. The van der Waals surface area contributed by atoms with Gasteiger partial charge in [0, 0.05) is 0 Å². The minimum Gasteiger partial charge on any atom is -0.409 e. The van der Waals surface area contributed by atoms with Gasteiger partial charge in [0.2, 0.25) is 5.91 Å². The molecule has 1 aromatic carbocycles. The molecule has 0 aromatic heterocycles. The van der Waals surface area contributed by atoms with Gasteiger partial charge in [-0.25, -0.2) is 0 Å². The first-order chi connectivity index (χ1) is 9.51. The number of carbonyl (C=O) groups is 1. The zero-order valence-corrected chi connectivity index (χ0v) is 12.3. The van der Waals surface area contributed by atoms with E-state index in [0.29, 0.717) is 6.42 Å². The van der Waals surface area contributed by atoms with Crippen molar-refractivity contribution in [2.75, 3.05) is 0 Å². The summed E-state index contributed by atoms with van der Waals surface area (Å²) in [5.74, 6) is -0.837. The van der Waals surface area contributed by atoms with Crippen molar-refractivity contribution in [3.8, 4) is 0 Å². The summed E-state index contributed by atoms with van der Waals surface area (Å²) in [4.78, 5) is 12.2. The van der Waals surface area contributed by atoms with Crippen LogP contribution >= 0.6 is 0 Å². The summed E-state index contributed by atoms with van der Waals surface area (Å²) in [5, 5.41) is 14.6. The maximum absolute atomic E-state index is 12.2. The van der Waals surface area contributed by atoms with Crippen LogP contribution in [-0.4, -0.2) is 17.0 Å². The van der Waals surface area contributed by atoms with Gasteiger partial charge in [0.15, 0.2) is 5.84 Å². The summed E-state index contributed by atoms with van der Waals surface area (Å²) in [6.07, 6.45) is 1.34. The van der Waals surface area contributed by atoms with Crippen molar-refractivity contribution in [3.05, 3.63) is 35.4 Å². The smallest absolute Gasteiger partial charge is 0.231 e. The molecule has 0 saturated heterocycles. The number of nitrogens with two attached hydrogens (primary N) is 1. The molecular formula is C15H23N3O2. The van der Waals surface area contributed by atoms with E-state index in [1.54, 1.807) is 0 Å². The average Bonchev–Trinajstić information content (AvgIpc) is 2.44. The lowest BCUT2D eigenvalue weighted by Crippen LogP contribution is -2.40. The molecule has 0 aliphatic carbocycles. The van der Waals surface area contributed by atoms with Gasteiger partial charge >= 0.3 is 0 Å². The van der Waals surface area contributed by atoms with Crippen molar-refractivity contribution in [2.24, 2.45) is 16.8 Å². The predicted octanol–water partition coefficient (Wildman–Crippen LogP) is 2.33. The predicted molar refractivity (Wildman–Crippen MR) is 79.5 cm³/mol. The van der Waals surface area contributed by atoms with E-state index in [2.05, 4.69) is 10.5 Å². The van der Waals surface area contributed by atoms with Crippen molar-refractivity contribution in [1.82, 2.24) is 5.32 Å². The number of nitrogens with one attached hydrogen (secondary N) is 1. The molecule has 1 amide bonds. The number of amides is 1. The Bertz CT molecular complexity index is 486. The Morgan fingerprint density at radius 2 is 2.10 bits per heavy atom. The zero-order chi connectivity index (χ0) is 15.1. The van der Waals surface area contributed by atoms with E-state index in [-0.39, 0.29) is 17.8 Å². The van der Waals surface area contributed by atoms with E-state index in [1.807, 2.05) is 45.0 Å². The highest BCUT2D eigenvalue weighted by Gasteiger charge is 2.24. The summed E-state index contributed by atoms with van der Waals surface area (Å²) in [7, 11) is 0. The van der Waals surface area contributed by atoms with Crippen LogP contribution in [-0.2, 0) is 4.79 Å². The van der Waals surface area contributed by atoms with Crippen LogP contribution in [0.4, 0.5) is 0 Å². The fourth-order valence-electron chi connectivity index (χ4n) is 2.24. The Morgan fingerprint density at radius 1 is 1.45 bits per heavy atom. The van der Waals surface area contributed by atoms with Crippen LogP contribution in [0.2, 0.25) is 0 Å². The third-order valence-corrected chi connectivity index (χ3v) is 3.38. The minimum atomic E-state index is -0.587. The second-order valence-corrected chi connectivity index (χ2v) is 4.95. The maximum Gasteiger partial charge on any atom is 0.231 e. The van der Waals surface area contributed by atoms with Gasteiger partial charge in [-0.1, -0.05) is 42.8 Å².